The Balaban J connectivity index is 0.00000192. The van der Waals surface area contributed by atoms with Gasteiger partial charge in [-0.25, -0.2) is 0 Å². The molecule has 1 fully saturated rings. The van der Waals surface area contributed by atoms with Crippen LogP contribution >= 0.6 is 12.4 Å². The predicted molar refractivity (Wildman–Crippen MR) is 99.3 cm³/mol. The third-order valence-electron chi connectivity index (χ3n) is 4.32. The van der Waals surface area contributed by atoms with Gasteiger partial charge in [0.15, 0.2) is 0 Å². The maximum absolute atomic E-state index is 6.11. The molecule has 0 bridgehead atoms. The van der Waals surface area contributed by atoms with Crippen molar-refractivity contribution in [1.82, 2.24) is 0 Å². The first-order chi connectivity index (χ1) is 10.8. The summed E-state index contributed by atoms with van der Waals surface area (Å²) < 4.78 is 6.07. The molecular formula is C20H26ClNO. The summed E-state index contributed by atoms with van der Waals surface area (Å²) in [4.78, 5) is 0. The highest BCUT2D eigenvalue weighted by molar-refractivity contribution is 5.85. The summed E-state index contributed by atoms with van der Waals surface area (Å²) >= 11 is 0. The molecule has 0 saturated heterocycles. The molecule has 1 saturated carbocycles. The highest BCUT2D eigenvalue weighted by Gasteiger charge is 2.22. The second kappa shape index (κ2) is 8.37. The van der Waals surface area contributed by atoms with Gasteiger partial charge in [-0.05, 0) is 54.9 Å². The molecule has 1 unspecified atom stereocenters. The van der Waals surface area contributed by atoms with E-state index in [2.05, 4.69) is 49.4 Å². The topological polar surface area (TPSA) is 35.2 Å². The number of benzene rings is 2. The van der Waals surface area contributed by atoms with Crippen molar-refractivity contribution in [3.8, 4) is 16.9 Å². The van der Waals surface area contributed by atoms with Crippen LogP contribution in [-0.4, -0.2) is 12.6 Å². The molecule has 1 aliphatic carbocycles. The van der Waals surface area contributed by atoms with Crippen LogP contribution in [0.1, 0.15) is 31.7 Å². The van der Waals surface area contributed by atoms with Gasteiger partial charge in [-0.1, -0.05) is 43.3 Å². The zero-order chi connectivity index (χ0) is 15.4. The minimum atomic E-state index is 0. The Morgan fingerprint density at radius 3 is 2.52 bits per heavy atom. The largest absolute Gasteiger partial charge is 0.493 e. The third-order valence-corrected chi connectivity index (χ3v) is 4.32. The molecule has 1 aliphatic rings. The van der Waals surface area contributed by atoms with E-state index in [0.717, 1.165) is 31.1 Å². The van der Waals surface area contributed by atoms with E-state index >= 15 is 0 Å². The smallest absolute Gasteiger partial charge is 0.127 e. The number of hydrogen-bond donors (Lipinski definition) is 1. The standard InChI is InChI=1S/C20H25NO.ClH/c1-2-18(21)12-16-10-11-20(22-14-15-8-9-15)19(13-16)17-6-4-3-5-7-17;/h3-7,10-11,13,15,18H,2,8-9,12,14,21H2,1H3;1H. The average molecular weight is 332 g/mol. The number of ether oxygens (including phenoxy) is 1. The molecule has 3 heteroatoms. The van der Waals surface area contributed by atoms with Gasteiger partial charge in [0.1, 0.15) is 5.75 Å². The van der Waals surface area contributed by atoms with Crippen molar-refractivity contribution < 1.29 is 4.74 Å². The third kappa shape index (κ3) is 4.98. The molecule has 2 nitrogen and oxygen atoms in total. The normalized spacial score (nSPS) is 14.9. The molecule has 0 radical (unpaired) electrons. The van der Waals surface area contributed by atoms with Crippen LogP contribution in [0.4, 0.5) is 0 Å². The summed E-state index contributed by atoms with van der Waals surface area (Å²) in [5.74, 6) is 1.75. The van der Waals surface area contributed by atoms with Gasteiger partial charge in [-0.2, -0.15) is 0 Å². The first kappa shape index (κ1) is 17.8. The molecule has 0 aromatic heterocycles. The van der Waals surface area contributed by atoms with Gasteiger partial charge < -0.3 is 10.5 Å². The first-order valence-electron chi connectivity index (χ1n) is 8.33. The van der Waals surface area contributed by atoms with Crippen molar-refractivity contribution in [2.24, 2.45) is 11.7 Å². The van der Waals surface area contributed by atoms with E-state index in [4.69, 9.17) is 10.5 Å². The van der Waals surface area contributed by atoms with Crippen LogP contribution in [-0.2, 0) is 6.42 Å². The van der Waals surface area contributed by atoms with Gasteiger partial charge in [0.05, 0.1) is 6.61 Å². The predicted octanol–water partition coefficient (Wildman–Crippen LogP) is 4.84. The molecule has 1 atom stereocenters. The van der Waals surface area contributed by atoms with E-state index < -0.39 is 0 Å². The van der Waals surface area contributed by atoms with Crippen molar-refractivity contribution in [2.75, 3.05) is 6.61 Å². The summed E-state index contributed by atoms with van der Waals surface area (Å²) in [5.41, 5.74) is 9.78. The second-order valence-corrected chi connectivity index (χ2v) is 6.32. The Morgan fingerprint density at radius 2 is 1.87 bits per heavy atom. The highest BCUT2D eigenvalue weighted by Crippen LogP contribution is 2.34. The Morgan fingerprint density at radius 1 is 1.13 bits per heavy atom. The molecule has 0 amide bonds. The quantitative estimate of drug-likeness (QED) is 0.787. The maximum Gasteiger partial charge on any atom is 0.127 e. The number of nitrogens with two attached hydrogens (primary N) is 1. The van der Waals surface area contributed by atoms with Gasteiger partial charge in [-0.15, -0.1) is 12.4 Å². The van der Waals surface area contributed by atoms with Crippen LogP contribution in [0.2, 0.25) is 0 Å². The summed E-state index contributed by atoms with van der Waals surface area (Å²) in [6.45, 7) is 2.98. The van der Waals surface area contributed by atoms with Gasteiger partial charge in [0.25, 0.3) is 0 Å². The van der Waals surface area contributed by atoms with Crippen molar-refractivity contribution in [2.45, 2.75) is 38.6 Å². The molecule has 3 rings (SSSR count). The fourth-order valence-corrected chi connectivity index (χ4v) is 2.61. The number of hydrogen-bond acceptors (Lipinski definition) is 2. The molecule has 2 aromatic carbocycles. The van der Waals surface area contributed by atoms with E-state index in [1.54, 1.807) is 0 Å². The fourth-order valence-electron chi connectivity index (χ4n) is 2.61. The first-order valence-corrected chi connectivity index (χ1v) is 8.33. The lowest BCUT2D eigenvalue weighted by molar-refractivity contribution is 0.301. The molecule has 2 N–H and O–H groups in total. The minimum absolute atomic E-state index is 0. The van der Waals surface area contributed by atoms with Gasteiger partial charge in [0.2, 0.25) is 0 Å². The summed E-state index contributed by atoms with van der Waals surface area (Å²) in [6.07, 6.45) is 4.54. The lowest BCUT2D eigenvalue weighted by atomic mass is 9.98. The van der Waals surface area contributed by atoms with Crippen LogP contribution in [0, 0.1) is 5.92 Å². The van der Waals surface area contributed by atoms with E-state index in [1.165, 1.54) is 29.5 Å². The zero-order valence-corrected chi connectivity index (χ0v) is 14.5. The van der Waals surface area contributed by atoms with Crippen LogP contribution in [0.5, 0.6) is 5.75 Å². The average Bonchev–Trinajstić information content (AvgIpc) is 3.38. The zero-order valence-electron chi connectivity index (χ0n) is 13.7. The summed E-state index contributed by atoms with van der Waals surface area (Å²) in [6, 6.07) is 17.2. The maximum atomic E-state index is 6.11. The Labute approximate surface area is 145 Å². The van der Waals surface area contributed by atoms with E-state index in [9.17, 15) is 0 Å². The molecule has 0 spiro atoms. The molecule has 124 valence electrons. The van der Waals surface area contributed by atoms with Crippen LogP contribution in [0.25, 0.3) is 11.1 Å². The van der Waals surface area contributed by atoms with Gasteiger partial charge >= 0.3 is 0 Å². The lowest BCUT2D eigenvalue weighted by Gasteiger charge is -2.15. The molecule has 23 heavy (non-hydrogen) atoms. The Hall–Kier alpha value is -1.51. The van der Waals surface area contributed by atoms with Crippen molar-refractivity contribution in [3.63, 3.8) is 0 Å². The number of halogens is 1. The summed E-state index contributed by atoms with van der Waals surface area (Å²) in [7, 11) is 0. The van der Waals surface area contributed by atoms with E-state index in [1.807, 2.05) is 6.07 Å². The Bertz CT molecular complexity index is 610. The molecule has 0 heterocycles. The number of rotatable bonds is 7. The minimum Gasteiger partial charge on any atom is -0.493 e. The second-order valence-electron chi connectivity index (χ2n) is 6.32. The van der Waals surface area contributed by atoms with Crippen LogP contribution in [0.3, 0.4) is 0 Å². The fraction of sp³-hybridized carbons (Fsp3) is 0.400. The lowest BCUT2D eigenvalue weighted by Crippen LogP contribution is -2.21. The Kier molecular flexibility index (Phi) is 6.49. The van der Waals surface area contributed by atoms with Crippen molar-refractivity contribution in [1.29, 1.82) is 0 Å². The molecule has 2 aromatic rings. The highest BCUT2D eigenvalue weighted by atomic mass is 35.5. The monoisotopic (exact) mass is 331 g/mol. The summed E-state index contributed by atoms with van der Waals surface area (Å²) in [5, 5.41) is 0. The van der Waals surface area contributed by atoms with Crippen molar-refractivity contribution in [3.05, 3.63) is 54.1 Å². The van der Waals surface area contributed by atoms with Gasteiger partial charge in [0, 0.05) is 11.6 Å². The SMILES string of the molecule is CCC(N)Cc1ccc(OCC2CC2)c(-c2ccccc2)c1.Cl. The molecule has 0 aliphatic heterocycles. The van der Waals surface area contributed by atoms with Crippen LogP contribution in [0.15, 0.2) is 48.5 Å². The molecular weight excluding hydrogens is 306 g/mol. The van der Waals surface area contributed by atoms with Crippen molar-refractivity contribution >= 4 is 12.4 Å². The van der Waals surface area contributed by atoms with Crippen LogP contribution < -0.4 is 10.5 Å². The van der Waals surface area contributed by atoms with Gasteiger partial charge in [-0.3, -0.25) is 0 Å². The van der Waals surface area contributed by atoms with E-state index in [-0.39, 0.29) is 18.4 Å². The van der Waals surface area contributed by atoms with E-state index in [0.29, 0.717) is 0 Å².